The zero-order valence-electron chi connectivity index (χ0n) is 12.6. The Morgan fingerprint density at radius 3 is 2.38 bits per heavy atom. The average molecular weight is 388 g/mol. The number of halogens is 4. The second kappa shape index (κ2) is 7.40. The lowest BCUT2D eigenvalue weighted by Crippen LogP contribution is -2.18. The van der Waals surface area contributed by atoms with Gasteiger partial charge in [0.15, 0.2) is 0 Å². The fourth-order valence-electron chi connectivity index (χ4n) is 1.91. The Morgan fingerprint density at radius 1 is 1.23 bits per heavy atom. The summed E-state index contributed by atoms with van der Waals surface area (Å²) in [6, 6.07) is 6.03. The first-order valence-corrected chi connectivity index (χ1v) is 7.15. The molecule has 0 unspecified atom stereocenters. The van der Waals surface area contributed by atoms with E-state index < -0.39 is 33.9 Å². The highest BCUT2D eigenvalue weighted by Crippen LogP contribution is 2.38. The molecule has 11 heteroatoms. The minimum Gasteiger partial charge on any atom is -0.506 e. The maximum atomic E-state index is 13.0. The van der Waals surface area contributed by atoms with Gasteiger partial charge in [-0.25, -0.2) is 5.43 Å². The summed E-state index contributed by atoms with van der Waals surface area (Å²) in [6.07, 6.45) is -4.17. The first-order valence-electron chi connectivity index (χ1n) is 6.77. The number of nitrogens with one attached hydrogen (secondary N) is 1. The van der Waals surface area contributed by atoms with Crippen LogP contribution < -0.4 is 5.43 Å². The van der Waals surface area contributed by atoms with Crippen LogP contribution in [0.25, 0.3) is 0 Å². The Kier molecular flexibility index (Phi) is 5.46. The molecule has 0 heterocycles. The van der Waals surface area contributed by atoms with Crippen molar-refractivity contribution in [2.24, 2.45) is 5.10 Å². The van der Waals surface area contributed by atoms with Crippen molar-refractivity contribution in [2.45, 2.75) is 6.18 Å². The minimum atomic E-state index is -4.77. The van der Waals surface area contributed by atoms with Crippen molar-refractivity contribution in [1.82, 2.24) is 5.43 Å². The number of phenolic OH excluding ortho intramolecular Hbond substituents is 1. The molecule has 2 rings (SSSR count). The summed E-state index contributed by atoms with van der Waals surface area (Å²) in [4.78, 5) is 21.7. The van der Waals surface area contributed by atoms with Crippen molar-refractivity contribution >= 4 is 29.4 Å². The number of amides is 1. The number of non-ortho nitro benzene ring substituents is 1. The maximum absolute atomic E-state index is 13.0. The van der Waals surface area contributed by atoms with Crippen molar-refractivity contribution in [3.63, 3.8) is 0 Å². The predicted molar refractivity (Wildman–Crippen MR) is 86.3 cm³/mol. The number of carbonyl (C=O) groups is 1. The van der Waals surface area contributed by atoms with Crippen molar-refractivity contribution < 1.29 is 28.0 Å². The van der Waals surface area contributed by atoms with Gasteiger partial charge in [-0.3, -0.25) is 14.9 Å². The summed E-state index contributed by atoms with van der Waals surface area (Å²) < 4.78 is 38.9. The molecule has 0 aromatic heterocycles. The third-order valence-corrected chi connectivity index (χ3v) is 3.48. The molecular weight excluding hydrogens is 379 g/mol. The smallest absolute Gasteiger partial charge is 0.417 e. The van der Waals surface area contributed by atoms with Crippen LogP contribution in [-0.2, 0) is 6.18 Å². The number of nitro benzene ring substituents is 1. The normalized spacial score (nSPS) is 11.5. The number of alkyl halides is 3. The molecule has 0 saturated heterocycles. The lowest BCUT2D eigenvalue weighted by Gasteiger charge is -2.12. The fourth-order valence-corrected chi connectivity index (χ4v) is 2.08. The van der Waals surface area contributed by atoms with E-state index in [0.29, 0.717) is 12.3 Å². The summed E-state index contributed by atoms with van der Waals surface area (Å²) in [6.45, 7) is 0. The Morgan fingerprint density at radius 2 is 1.85 bits per heavy atom. The number of hydrogen-bond donors (Lipinski definition) is 2. The van der Waals surface area contributed by atoms with Gasteiger partial charge < -0.3 is 5.11 Å². The van der Waals surface area contributed by atoms with Crippen LogP contribution in [0.1, 0.15) is 21.5 Å². The van der Waals surface area contributed by atoms with Gasteiger partial charge in [0.2, 0.25) is 0 Å². The molecule has 0 spiro atoms. The first-order chi connectivity index (χ1) is 12.1. The molecule has 0 bridgehead atoms. The zero-order valence-corrected chi connectivity index (χ0v) is 13.4. The molecule has 0 fully saturated rings. The van der Waals surface area contributed by atoms with E-state index in [9.17, 15) is 33.2 Å². The minimum absolute atomic E-state index is 0.000823. The highest BCUT2D eigenvalue weighted by molar-refractivity contribution is 6.32. The fraction of sp³-hybridized carbons (Fsp3) is 0.0667. The Bertz CT molecular complexity index is 883. The molecule has 2 aromatic carbocycles. The van der Waals surface area contributed by atoms with Crippen LogP contribution in [0.15, 0.2) is 41.5 Å². The van der Waals surface area contributed by atoms with Crippen molar-refractivity contribution in [1.29, 1.82) is 0 Å². The van der Waals surface area contributed by atoms with Crippen molar-refractivity contribution in [2.75, 3.05) is 0 Å². The van der Waals surface area contributed by atoms with E-state index in [1.165, 1.54) is 0 Å². The molecule has 7 nitrogen and oxygen atoms in total. The van der Waals surface area contributed by atoms with Crippen LogP contribution in [0, 0.1) is 10.1 Å². The van der Waals surface area contributed by atoms with Gasteiger partial charge in [0.1, 0.15) is 5.75 Å². The lowest BCUT2D eigenvalue weighted by molar-refractivity contribution is -0.384. The van der Waals surface area contributed by atoms with Crippen LogP contribution >= 0.6 is 11.6 Å². The van der Waals surface area contributed by atoms with Crippen LogP contribution in [-0.4, -0.2) is 22.2 Å². The summed E-state index contributed by atoms with van der Waals surface area (Å²) in [5.41, 5.74) is -0.174. The summed E-state index contributed by atoms with van der Waals surface area (Å²) in [7, 11) is 0. The number of aromatic hydroxyl groups is 1. The molecule has 0 aliphatic carbocycles. The summed E-state index contributed by atoms with van der Waals surface area (Å²) in [5.74, 6) is -1.65. The first kappa shape index (κ1) is 19.2. The van der Waals surface area contributed by atoms with Crippen LogP contribution in [0.2, 0.25) is 5.02 Å². The van der Waals surface area contributed by atoms with E-state index in [1.54, 1.807) is 0 Å². The number of hydrogen-bond acceptors (Lipinski definition) is 5. The molecule has 1 amide bonds. The highest BCUT2D eigenvalue weighted by atomic mass is 35.5. The van der Waals surface area contributed by atoms with E-state index in [-0.39, 0.29) is 16.3 Å². The quantitative estimate of drug-likeness (QED) is 0.473. The average Bonchev–Trinajstić information content (AvgIpc) is 2.57. The predicted octanol–water partition coefficient (Wildman–Crippen LogP) is 3.74. The van der Waals surface area contributed by atoms with E-state index in [0.717, 1.165) is 30.3 Å². The zero-order chi connectivity index (χ0) is 19.5. The SMILES string of the molecule is O=C(N/N=C/c1c(C(F)(F)F)ccc(Cl)c1O)c1ccc([N+](=O)[O-])cc1. The Balaban J connectivity index is 2.21. The van der Waals surface area contributed by atoms with E-state index in [2.05, 4.69) is 5.10 Å². The Labute approximate surface area is 148 Å². The van der Waals surface area contributed by atoms with Crippen LogP contribution in [0.5, 0.6) is 5.75 Å². The maximum Gasteiger partial charge on any atom is 0.417 e. The number of carbonyl (C=O) groups excluding carboxylic acids is 1. The van der Waals surface area contributed by atoms with Gasteiger partial charge in [-0.1, -0.05) is 11.6 Å². The number of phenols is 1. The second-order valence-corrected chi connectivity index (χ2v) is 5.27. The van der Waals surface area contributed by atoms with Gasteiger partial charge in [-0.15, -0.1) is 0 Å². The van der Waals surface area contributed by atoms with E-state index in [4.69, 9.17) is 11.6 Å². The molecule has 0 aliphatic rings. The van der Waals surface area contributed by atoms with Crippen molar-refractivity contribution in [3.8, 4) is 5.75 Å². The highest BCUT2D eigenvalue weighted by Gasteiger charge is 2.34. The molecule has 2 N–H and O–H groups in total. The summed E-state index contributed by atoms with van der Waals surface area (Å²) in [5, 5.41) is 23.3. The van der Waals surface area contributed by atoms with E-state index in [1.807, 2.05) is 5.43 Å². The molecule has 2 aromatic rings. The van der Waals surface area contributed by atoms with E-state index >= 15 is 0 Å². The number of benzene rings is 2. The lowest BCUT2D eigenvalue weighted by atomic mass is 10.1. The summed E-state index contributed by atoms with van der Waals surface area (Å²) >= 11 is 5.59. The third kappa shape index (κ3) is 4.28. The van der Waals surface area contributed by atoms with Crippen molar-refractivity contribution in [3.05, 3.63) is 68.2 Å². The molecule has 0 radical (unpaired) electrons. The molecule has 136 valence electrons. The molecule has 26 heavy (non-hydrogen) atoms. The van der Waals surface area contributed by atoms with Gasteiger partial charge >= 0.3 is 6.18 Å². The van der Waals surface area contributed by atoms with Crippen LogP contribution in [0.4, 0.5) is 18.9 Å². The number of hydrazone groups is 1. The molecular formula is C15H9ClF3N3O4. The monoisotopic (exact) mass is 387 g/mol. The van der Waals surface area contributed by atoms with Gasteiger partial charge in [-0.2, -0.15) is 18.3 Å². The molecule has 0 atom stereocenters. The molecule has 0 saturated carbocycles. The second-order valence-electron chi connectivity index (χ2n) is 4.86. The molecule has 0 aliphatic heterocycles. The Hall–Kier alpha value is -3.14. The van der Waals surface area contributed by atoms with Gasteiger partial charge in [-0.05, 0) is 24.3 Å². The third-order valence-electron chi connectivity index (χ3n) is 3.17. The van der Waals surface area contributed by atoms with Gasteiger partial charge in [0, 0.05) is 17.7 Å². The number of nitro groups is 1. The van der Waals surface area contributed by atoms with Gasteiger partial charge in [0.05, 0.1) is 27.3 Å². The number of rotatable bonds is 4. The largest absolute Gasteiger partial charge is 0.506 e. The van der Waals surface area contributed by atoms with Crippen LogP contribution in [0.3, 0.4) is 0 Å². The standard InChI is InChI=1S/C15H9ClF3N3O4/c16-12-6-5-11(15(17,18)19)10(13(12)23)7-20-21-14(24)8-1-3-9(4-2-8)22(25)26/h1-7,23H,(H,21,24)/b20-7+. The van der Waals surface area contributed by atoms with Gasteiger partial charge in [0.25, 0.3) is 11.6 Å². The number of nitrogens with zero attached hydrogens (tertiary/aromatic N) is 2. The topological polar surface area (TPSA) is 105 Å².